The summed E-state index contributed by atoms with van der Waals surface area (Å²) in [5.74, 6) is -24.6. The largest absolute Gasteiger partial charge is 0.383 e. The molecule has 0 radical (unpaired) electrons. The van der Waals surface area contributed by atoms with Gasteiger partial charge in [0.2, 0.25) is 6.29 Å². The topological polar surface area (TPSA) is 40.5 Å². The Morgan fingerprint density at radius 2 is 1.06 bits per heavy atom. The van der Waals surface area contributed by atoms with Gasteiger partial charge in [-0.25, -0.2) is 0 Å². The number of halogens is 9. The molecule has 17 heavy (non-hydrogen) atoms. The lowest BCUT2D eigenvalue weighted by Crippen LogP contribution is -2.64. The van der Waals surface area contributed by atoms with Crippen LogP contribution < -0.4 is 0 Å². The first-order valence-electron chi connectivity index (χ1n) is 3.57. The molecular weight excluding hydrogens is 292 g/mol. The van der Waals surface area contributed by atoms with Crippen molar-refractivity contribution < 1.29 is 45.3 Å². The Kier molecular flexibility index (Phi) is 5.29. The summed E-state index contributed by atoms with van der Waals surface area (Å²) in [5, 5.41) is 15.6. The van der Waals surface area contributed by atoms with E-state index in [9.17, 15) is 35.1 Å². The Bertz CT molecular complexity index is 261. The fourth-order valence-electron chi connectivity index (χ4n) is 0.647. The van der Waals surface area contributed by atoms with Gasteiger partial charge in [0, 0.05) is 6.92 Å². The van der Waals surface area contributed by atoms with Gasteiger partial charge in [-0.15, -0.1) is 12.4 Å². The Labute approximate surface area is 95.6 Å². The summed E-state index contributed by atoms with van der Waals surface area (Å²) < 4.78 is 98.3. The Morgan fingerprint density at radius 1 is 0.765 bits per heavy atom. The summed E-state index contributed by atoms with van der Waals surface area (Å²) in [6, 6.07) is 0. The number of aliphatic hydroxyl groups is 2. The second-order valence-electron chi connectivity index (χ2n) is 3.03. The maximum absolute atomic E-state index is 12.4. The van der Waals surface area contributed by atoms with Gasteiger partial charge in [-0.2, -0.15) is 35.1 Å². The van der Waals surface area contributed by atoms with Gasteiger partial charge < -0.3 is 10.2 Å². The van der Waals surface area contributed by atoms with Crippen molar-refractivity contribution in [3.63, 3.8) is 0 Å². The molecule has 0 aromatic rings. The van der Waals surface area contributed by atoms with Crippen molar-refractivity contribution >= 4 is 12.4 Å². The van der Waals surface area contributed by atoms with E-state index in [0.29, 0.717) is 0 Å². The summed E-state index contributed by atoms with van der Waals surface area (Å²) in [4.78, 5) is 0. The van der Waals surface area contributed by atoms with Crippen LogP contribution in [-0.4, -0.2) is 40.2 Å². The molecule has 0 unspecified atom stereocenters. The van der Waals surface area contributed by atoms with Crippen molar-refractivity contribution in [3.05, 3.63) is 0 Å². The van der Waals surface area contributed by atoms with Crippen LogP contribution in [0.4, 0.5) is 35.1 Å². The summed E-state index contributed by atoms with van der Waals surface area (Å²) >= 11 is 0. The first kappa shape index (κ1) is 19.0. The van der Waals surface area contributed by atoms with Crippen molar-refractivity contribution in [2.45, 2.75) is 36.9 Å². The molecule has 0 spiro atoms. The van der Waals surface area contributed by atoms with Gasteiger partial charge in [0.15, 0.2) is 0 Å². The van der Waals surface area contributed by atoms with Crippen LogP contribution in [0.25, 0.3) is 0 Å². The summed E-state index contributed by atoms with van der Waals surface area (Å²) in [7, 11) is 0. The number of alkyl halides is 8. The van der Waals surface area contributed by atoms with Crippen LogP contribution in [0, 0.1) is 0 Å². The van der Waals surface area contributed by atoms with Gasteiger partial charge in [0.25, 0.3) is 0 Å². The van der Waals surface area contributed by atoms with E-state index in [2.05, 4.69) is 0 Å². The van der Waals surface area contributed by atoms with Crippen LogP contribution in [0.2, 0.25) is 0 Å². The van der Waals surface area contributed by atoms with Crippen LogP contribution in [0.1, 0.15) is 6.92 Å². The zero-order valence-electron chi connectivity index (χ0n) is 7.90. The highest BCUT2D eigenvalue weighted by molar-refractivity contribution is 5.85. The normalized spacial score (nSPS) is 14.8. The lowest BCUT2D eigenvalue weighted by atomic mass is 9.99. The molecular formula is C6H7ClF8O2. The second kappa shape index (κ2) is 4.73. The molecule has 0 aliphatic rings. The van der Waals surface area contributed by atoms with Crippen LogP contribution in [0.3, 0.4) is 0 Å². The van der Waals surface area contributed by atoms with E-state index in [1.54, 1.807) is 0 Å². The van der Waals surface area contributed by atoms with Gasteiger partial charge in [0.05, 0.1) is 0 Å². The molecule has 0 rings (SSSR count). The van der Waals surface area contributed by atoms with E-state index < -0.39 is 36.9 Å². The molecule has 0 bridgehead atoms. The van der Waals surface area contributed by atoms with Crippen molar-refractivity contribution in [1.82, 2.24) is 0 Å². The highest BCUT2D eigenvalue weighted by atomic mass is 35.5. The average Bonchev–Trinajstić information content (AvgIpc) is 2.00. The van der Waals surface area contributed by atoms with Crippen LogP contribution in [0.5, 0.6) is 0 Å². The molecule has 0 fully saturated rings. The molecule has 0 aromatic heterocycles. The van der Waals surface area contributed by atoms with Crippen molar-refractivity contribution in [2.24, 2.45) is 0 Å². The molecule has 0 aliphatic heterocycles. The molecule has 0 saturated heterocycles. The molecule has 0 aliphatic carbocycles. The minimum Gasteiger partial charge on any atom is -0.363 e. The fourth-order valence-corrected chi connectivity index (χ4v) is 0.647. The monoisotopic (exact) mass is 298 g/mol. The van der Waals surface area contributed by atoms with E-state index >= 15 is 0 Å². The van der Waals surface area contributed by atoms with Crippen LogP contribution in [-0.2, 0) is 0 Å². The molecule has 11 heteroatoms. The van der Waals surface area contributed by atoms with Gasteiger partial charge in [-0.1, -0.05) is 0 Å². The van der Waals surface area contributed by atoms with Crippen molar-refractivity contribution in [3.8, 4) is 0 Å². The molecule has 0 amide bonds. The molecule has 106 valence electrons. The quantitative estimate of drug-likeness (QED) is 0.617. The number of aliphatic hydroxyl groups excluding tert-OH is 1. The minimum absolute atomic E-state index is 0. The predicted octanol–water partition coefficient (Wildman–Crippen LogP) is 2.28. The summed E-state index contributed by atoms with van der Waals surface area (Å²) in [6.45, 7) is -0.694. The number of hydrogen-bond acceptors (Lipinski definition) is 2. The maximum atomic E-state index is 12.4. The first-order chi connectivity index (χ1) is 6.69. The maximum Gasteiger partial charge on any atom is 0.383 e. The smallest absolute Gasteiger partial charge is 0.363 e. The third-order valence-corrected chi connectivity index (χ3v) is 1.69. The first-order valence-corrected chi connectivity index (χ1v) is 3.57. The molecule has 2 N–H and O–H groups in total. The zero-order valence-corrected chi connectivity index (χ0v) is 8.72. The van der Waals surface area contributed by atoms with Crippen LogP contribution >= 0.6 is 12.4 Å². The molecule has 0 atom stereocenters. The molecule has 0 heterocycles. The van der Waals surface area contributed by atoms with Crippen molar-refractivity contribution in [2.75, 3.05) is 0 Å². The van der Waals surface area contributed by atoms with E-state index in [0.717, 1.165) is 0 Å². The Morgan fingerprint density at radius 3 is 1.24 bits per heavy atom. The van der Waals surface area contributed by atoms with Gasteiger partial charge >= 0.3 is 23.7 Å². The third-order valence-electron chi connectivity index (χ3n) is 1.69. The zero-order chi connectivity index (χ0) is 13.6. The van der Waals surface area contributed by atoms with Gasteiger partial charge in [-0.3, -0.25) is 0 Å². The minimum atomic E-state index is -6.62. The predicted molar refractivity (Wildman–Crippen MR) is 40.9 cm³/mol. The molecule has 0 saturated carbocycles. The highest BCUT2D eigenvalue weighted by Crippen LogP contribution is 2.52. The lowest BCUT2D eigenvalue weighted by molar-refractivity contribution is -0.394. The molecule has 2 nitrogen and oxygen atoms in total. The highest BCUT2D eigenvalue weighted by Gasteiger charge is 2.80. The van der Waals surface area contributed by atoms with E-state index in [4.69, 9.17) is 10.2 Å². The summed E-state index contributed by atoms with van der Waals surface area (Å²) in [6.07, 6.45) is -4.20. The van der Waals surface area contributed by atoms with E-state index in [1.807, 2.05) is 0 Å². The third kappa shape index (κ3) is 2.74. The number of hydrogen-bond donors (Lipinski definition) is 2. The molecule has 0 aromatic carbocycles. The SMILES string of the molecule is CC(F)(F)C(F)(F)C(F)(F)C(F)(F)C(O)O.Cl. The second-order valence-corrected chi connectivity index (χ2v) is 3.03. The standard InChI is InChI=1S/C6H6F8O2.ClH/c1-3(7,8)5(11,12)6(13,14)4(9,10)2(15)16;/h2,15-16H,1H3;1H. The van der Waals surface area contributed by atoms with Crippen LogP contribution in [0.15, 0.2) is 0 Å². The number of rotatable bonds is 4. The van der Waals surface area contributed by atoms with Crippen molar-refractivity contribution in [1.29, 1.82) is 0 Å². The van der Waals surface area contributed by atoms with E-state index in [1.165, 1.54) is 0 Å². The Balaban J connectivity index is 0. The van der Waals surface area contributed by atoms with E-state index in [-0.39, 0.29) is 12.4 Å². The van der Waals surface area contributed by atoms with Gasteiger partial charge in [-0.05, 0) is 0 Å². The van der Waals surface area contributed by atoms with Gasteiger partial charge in [0.1, 0.15) is 0 Å². The average molecular weight is 299 g/mol. The lowest BCUT2D eigenvalue weighted by Gasteiger charge is -2.35. The Hall–Kier alpha value is -0.350. The fraction of sp³-hybridized carbons (Fsp3) is 1.00. The summed E-state index contributed by atoms with van der Waals surface area (Å²) in [5.41, 5.74) is 0.